The van der Waals surface area contributed by atoms with Gasteiger partial charge in [-0.2, -0.15) is 0 Å². The van der Waals surface area contributed by atoms with Gasteiger partial charge in [-0.15, -0.1) is 11.3 Å². The number of rotatable bonds is 9. The van der Waals surface area contributed by atoms with Crippen molar-refractivity contribution in [3.8, 4) is 11.5 Å². The predicted molar refractivity (Wildman–Crippen MR) is 113 cm³/mol. The van der Waals surface area contributed by atoms with Crippen molar-refractivity contribution in [3.05, 3.63) is 40.3 Å². The number of amides is 1. The molecule has 0 aliphatic carbocycles. The van der Waals surface area contributed by atoms with Gasteiger partial charge in [0.2, 0.25) is 0 Å². The zero-order valence-corrected chi connectivity index (χ0v) is 18.4. The van der Waals surface area contributed by atoms with E-state index in [-0.39, 0.29) is 34.8 Å². The highest BCUT2D eigenvalue weighted by molar-refractivity contribution is 7.18. The summed E-state index contributed by atoms with van der Waals surface area (Å²) in [7, 11) is 1.53. The molecule has 1 aromatic heterocycles. The molecular formula is C21H25NO7S. The summed E-state index contributed by atoms with van der Waals surface area (Å²) in [4.78, 5) is 37.4. The first kappa shape index (κ1) is 23.2. The van der Waals surface area contributed by atoms with Gasteiger partial charge in [0.15, 0.2) is 6.61 Å². The molecule has 2 rings (SSSR count). The van der Waals surface area contributed by atoms with Crippen LogP contribution in [0.2, 0.25) is 0 Å². The standard InChI is InChI=1S/C21H25NO7S/c1-6-27-20(24)17-13(4)18(21(25)29-12(2)3)30-19(17)22-16(23)11-28-15-9-7-8-14(10-15)26-5/h7-10,12H,6,11H2,1-5H3,(H,22,23). The number of hydrogen-bond acceptors (Lipinski definition) is 8. The molecule has 0 unspecified atom stereocenters. The Morgan fingerprint density at radius 1 is 1.13 bits per heavy atom. The zero-order valence-electron chi connectivity index (χ0n) is 17.6. The summed E-state index contributed by atoms with van der Waals surface area (Å²) in [5.74, 6) is -0.628. The van der Waals surface area contributed by atoms with E-state index in [2.05, 4.69) is 5.32 Å². The van der Waals surface area contributed by atoms with Crippen molar-refractivity contribution >= 4 is 34.2 Å². The Morgan fingerprint density at radius 2 is 1.83 bits per heavy atom. The fourth-order valence-corrected chi connectivity index (χ4v) is 3.61. The number of nitrogens with one attached hydrogen (secondary N) is 1. The molecule has 30 heavy (non-hydrogen) atoms. The summed E-state index contributed by atoms with van der Waals surface area (Å²) >= 11 is 0.964. The lowest BCUT2D eigenvalue weighted by molar-refractivity contribution is -0.118. The van der Waals surface area contributed by atoms with Crippen LogP contribution in [0.15, 0.2) is 24.3 Å². The number of ether oxygens (including phenoxy) is 4. The van der Waals surface area contributed by atoms with E-state index < -0.39 is 17.8 Å². The molecule has 162 valence electrons. The van der Waals surface area contributed by atoms with Gasteiger partial charge in [-0.3, -0.25) is 4.79 Å². The van der Waals surface area contributed by atoms with Crippen molar-refractivity contribution in [2.75, 3.05) is 25.6 Å². The maximum atomic E-state index is 12.4. The molecule has 0 fully saturated rings. The number of esters is 2. The Labute approximate surface area is 179 Å². The van der Waals surface area contributed by atoms with Gasteiger partial charge < -0.3 is 24.3 Å². The molecule has 2 aromatic rings. The Balaban J connectivity index is 2.20. The third-order valence-electron chi connectivity index (χ3n) is 3.82. The van der Waals surface area contributed by atoms with E-state index in [0.29, 0.717) is 17.1 Å². The number of carbonyl (C=O) groups excluding carboxylic acids is 3. The first-order valence-electron chi connectivity index (χ1n) is 9.35. The highest BCUT2D eigenvalue weighted by Crippen LogP contribution is 2.34. The molecule has 0 spiro atoms. The van der Waals surface area contributed by atoms with Gasteiger partial charge in [0.1, 0.15) is 21.4 Å². The van der Waals surface area contributed by atoms with Gasteiger partial charge in [0.25, 0.3) is 5.91 Å². The molecule has 1 amide bonds. The first-order valence-corrected chi connectivity index (χ1v) is 10.2. The molecular weight excluding hydrogens is 410 g/mol. The van der Waals surface area contributed by atoms with E-state index in [9.17, 15) is 14.4 Å². The van der Waals surface area contributed by atoms with Crippen molar-refractivity contribution in [1.82, 2.24) is 0 Å². The lowest BCUT2D eigenvalue weighted by Gasteiger charge is -2.09. The Hall–Kier alpha value is -3.07. The molecule has 0 atom stereocenters. The van der Waals surface area contributed by atoms with Gasteiger partial charge in [-0.1, -0.05) is 6.07 Å². The molecule has 1 N–H and O–H groups in total. The number of anilines is 1. The first-order chi connectivity index (χ1) is 14.3. The van der Waals surface area contributed by atoms with E-state index in [1.807, 2.05) is 0 Å². The Morgan fingerprint density at radius 3 is 2.47 bits per heavy atom. The lowest BCUT2D eigenvalue weighted by atomic mass is 10.1. The van der Waals surface area contributed by atoms with Crippen LogP contribution in [0.25, 0.3) is 0 Å². The maximum Gasteiger partial charge on any atom is 0.348 e. The maximum absolute atomic E-state index is 12.4. The van der Waals surface area contributed by atoms with E-state index >= 15 is 0 Å². The average molecular weight is 435 g/mol. The monoisotopic (exact) mass is 435 g/mol. The third-order valence-corrected chi connectivity index (χ3v) is 5.01. The molecule has 0 aliphatic heterocycles. The van der Waals surface area contributed by atoms with E-state index in [0.717, 1.165) is 11.3 Å². The average Bonchev–Trinajstić information content (AvgIpc) is 3.02. The second-order valence-corrected chi connectivity index (χ2v) is 7.47. The topological polar surface area (TPSA) is 100 Å². The van der Waals surface area contributed by atoms with Crippen molar-refractivity contribution < 1.29 is 33.3 Å². The number of methoxy groups -OCH3 is 1. The quantitative estimate of drug-likeness (QED) is 0.598. The van der Waals surface area contributed by atoms with Crippen LogP contribution in [0.5, 0.6) is 11.5 Å². The molecule has 1 aromatic carbocycles. The summed E-state index contributed by atoms with van der Waals surface area (Å²) in [6.07, 6.45) is -0.320. The van der Waals surface area contributed by atoms with Crippen molar-refractivity contribution in [2.45, 2.75) is 33.8 Å². The third kappa shape index (κ3) is 5.96. The van der Waals surface area contributed by atoms with E-state index in [4.69, 9.17) is 18.9 Å². The summed E-state index contributed by atoms with van der Waals surface area (Å²) in [5.41, 5.74) is 0.528. The minimum Gasteiger partial charge on any atom is -0.497 e. The van der Waals surface area contributed by atoms with Gasteiger partial charge in [0, 0.05) is 6.07 Å². The molecule has 0 radical (unpaired) electrons. The molecule has 1 heterocycles. The van der Waals surface area contributed by atoms with Crippen molar-refractivity contribution in [2.24, 2.45) is 0 Å². The van der Waals surface area contributed by atoms with Crippen LogP contribution in [0, 0.1) is 6.92 Å². The number of benzene rings is 1. The summed E-state index contributed by atoms with van der Waals surface area (Å²) in [6, 6.07) is 6.83. The molecule has 0 saturated carbocycles. The zero-order chi connectivity index (χ0) is 22.3. The van der Waals surface area contributed by atoms with Crippen molar-refractivity contribution in [1.29, 1.82) is 0 Å². The van der Waals surface area contributed by atoms with Crippen LogP contribution >= 0.6 is 11.3 Å². The van der Waals surface area contributed by atoms with Gasteiger partial charge in [-0.05, 0) is 45.4 Å². The summed E-state index contributed by atoms with van der Waals surface area (Å²) in [6.45, 7) is 6.61. The molecule has 0 bridgehead atoms. The number of hydrogen-bond donors (Lipinski definition) is 1. The largest absolute Gasteiger partial charge is 0.497 e. The van der Waals surface area contributed by atoms with Gasteiger partial charge in [0.05, 0.1) is 25.4 Å². The van der Waals surface area contributed by atoms with Crippen LogP contribution in [-0.2, 0) is 14.3 Å². The lowest BCUT2D eigenvalue weighted by Crippen LogP contribution is -2.21. The van der Waals surface area contributed by atoms with Crippen LogP contribution in [0.4, 0.5) is 5.00 Å². The second-order valence-electron chi connectivity index (χ2n) is 6.45. The van der Waals surface area contributed by atoms with Gasteiger partial charge >= 0.3 is 11.9 Å². The molecule has 0 saturated heterocycles. The smallest absolute Gasteiger partial charge is 0.348 e. The highest BCUT2D eigenvalue weighted by atomic mass is 32.1. The summed E-state index contributed by atoms with van der Waals surface area (Å²) in [5, 5.41) is 2.84. The van der Waals surface area contributed by atoms with Crippen LogP contribution in [0.3, 0.4) is 0 Å². The SMILES string of the molecule is CCOC(=O)c1c(NC(=O)COc2cccc(OC)c2)sc(C(=O)OC(C)C)c1C. The van der Waals surface area contributed by atoms with Crippen LogP contribution < -0.4 is 14.8 Å². The Bertz CT molecular complexity index is 920. The van der Waals surface area contributed by atoms with Gasteiger partial charge in [-0.25, -0.2) is 9.59 Å². The normalized spacial score (nSPS) is 10.5. The van der Waals surface area contributed by atoms with Crippen LogP contribution in [0.1, 0.15) is 46.4 Å². The number of thiophene rings is 1. The highest BCUT2D eigenvalue weighted by Gasteiger charge is 2.27. The fraction of sp³-hybridized carbons (Fsp3) is 0.381. The fourth-order valence-electron chi connectivity index (χ4n) is 2.52. The van der Waals surface area contributed by atoms with E-state index in [1.165, 1.54) is 7.11 Å². The summed E-state index contributed by atoms with van der Waals surface area (Å²) < 4.78 is 20.9. The number of carbonyl (C=O) groups is 3. The van der Waals surface area contributed by atoms with E-state index in [1.54, 1.807) is 52.0 Å². The molecule has 9 heteroatoms. The second kappa shape index (κ2) is 10.6. The van der Waals surface area contributed by atoms with Crippen molar-refractivity contribution in [3.63, 3.8) is 0 Å². The Kier molecular flexibility index (Phi) is 8.23. The molecule has 8 nitrogen and oxygen atoms in total. The molecule has 0 aliphatic rings. The minimum absolute atomic E-state index is 0.132. The van der Waals surface area contributed by atoms with Crippen LogP contribution in [-0.4, -0.2) is 44.3 Å². The predicted octanol–water partition coefficient (Wildman–Crippen LogP) is 3.82. The minimum atomic E-state index is -0.626.